The summed E-state index contributed by atoms with van der Waals surface area (Å²) in [7, 11) is 0. The number of hydrogen-bond donors (Lipinski definition) is 1. The number of rotatable bonds is 6. The first kappa shape index (κ1) is 18.2. The van der Waals surface area contributed by atoms with Gasteiger partial charge in [-0.2, -0.15) is 4.98 Å². The van der Waals surface area contributed by atoms with Crippen LogP contribution in [-0.4, -0.2) is 29.9 Å². The third kappa shape index (κ3) is 3.77. The van der Waals surface area contributed by atoms with E-state index >= 15 is 0 Å². The van der Waals surface area contributed by atoms with Crippen LogP contribution in [0.5, 0.6) is 0 Å². The van der Waals surface area contributed by atoms with Gasteiger partial charge in [0.25, 0.3) is 0 Å². The molecule has 0 bridgehead atoms. The van der Waals surface area contributed by atoms with E-state index < -0.39 is 0 Å². The van der Waals surface area contributed by atoms with Gasteiger partial charge in [0.1, 0.15) is 0 Å². The van der Waals surface area contributed by atoms with E-state index in [2.05, 4.69) is 22.4 Å². The number of nitrogens with one attached hydrogen (secondary N) is 1. The predicted molar refractivity (Wildman–Crippen MR) is 101 cm³/mol. The van der Waals surface area contributed by atoms with Crippen molar-refractivity contribution in [2.45, 2.75) is 50.0 Å². The number of ether oxygens (including phenoxy) is 1. The Morgan fingerprint density at radius 1 is 1.27 bits per heavy atom. The number of aromatic nitrogens is 2. The van der Waals surface area contributed by atoms with Crippen LogP contribution in [-0.2, 0) is 10.2 Å². The van der Waals surface area contributed by atoms with Crippen LogP contribution in [0.3, 0.4) is 0 Å². The molecule has 5 nitrogen and oxygen atoms in total. The molecule has 1 saturated carbocycles. The third-order valence-corrected chi connectivity index (χ3v) is 6.02. The van der Waals surface area contributed by atoms with Crippen molar-refractivity contribution in [3.63, 3.8) is 0 Å². The van der Waals surface area contributed by atoms with Gasteiger partial charge in [-0.05, 0) is 50.3 Å². The topological polar surface area (TPSA) is 60.2 Å². The largest absolute Gasteiger partial charge is 0.381 e. The van der Waals surface area contributed by atoms with Crippen molar-refractivity contribution in [3.8, 4) is 0 Å². The molecule has 4 rings (SSSR count). The second kappa shape index (κ2) is 7.47. The summed E-state index contributed by atoms with van der Waals surface area (Å²) in [5, 5.41) is 9.05. The van der Waals surface area contributed by atoms with Gasteiger partial charge in [0, 0.05) is 41.1 Å². The van der Waals surface area contributed by atoms with Gasteiger partial charge in [0.2, 0.25) is 5.89 Å². The van der Waals surface area contributed by atoms with Crippen molar-refractivity contribution >= 4 is 23.2 Å². The lowest BCUT2D eigenvalue weighted by molar-refractivity contribution is 0.0487. The minimum Gasteiger partial charge on any atom is -0.381 e. The Morgan fingerprint density at radius 3 is 2.73 bits per heavy atom. The van der Waals surface area contributed by atoms with Crippen molar-refractivity contribution < 1.29 is 9.26 Å². The Labute approximate surface area is 163 Å². The first-order valence-corrected chi connectivity index (χ1v) is 9.93. The second-order valence-corrected chi connectivity index (χ2v) is 8.23. The van der Waals surface area contributed by atoms with E-state index in [4.69, 9.17) is 32.5 Å². The molecule has 2 aliphatic rings. The van der Waals surface area contributed by atoms with E-state index in [0.717, 1.165) is 44.0 Å². The highest BCUT2D eigenvalue weighted by atomic mass is 35.5. The number of nitrogens with zero attached hydrogens (tertiary/aromatic N) is 2. The SMILES string of the molecule is CC(NCC1(c2ccc(Cl)cc2Cl)CCOCC1)c1nc(C2CC2)no1. The molecule has 1 N–H and O–H groups in total. The highest BCUT2D eigenvalue weighted by molar-refractivity contribution is 6.35. The van der Waals surface area contributed by atoms with Gasteiger partial charge in [-0.25, -0.2) is 0 Å². The van der Waals surface area contributed by atoms with Crippen molar-refractivity contribution in [1.29, 1.82) is 0 Å². The average molecular weight is 396 g/mol. The summed E-state index contributed by atoms with van der Waals surface area (Å²) in [6, 6.07) is 5.75. The summed E-state index contributed by atoms with van der Waals surface area (Å²) in [4.78, 5) is 4.55. The van der Waals surface area contributed by atoms with Crippen molar-refractivity contribution in [3.05, 3.63) is 45.5 Å². The molecule has 140 valence electrons. The smallest absolute Gasteiger partial charge is 0.243 e. The van der Waals surface area contributed by atoms with E-state index in [1.165, 1.54) is 12.8 Å². The van der Waals surface area contributed by atoms with Crippen LogP contribution in [0.15, 0.2) is 22.7 Å². The summed E-state index contributed by atoms with van der Waals surface area (Å²) in [5.41, 5.74) is 1.03. The lowest BCUT2D eigenvalue weighted by Crippen LogP contribution is -2.43. The molecule has 1 aliphatic carbocycles. The molecule has 1 atom stereocenters. The molecule has 1 aromatic heterocycles. The van der Waals surface area contributed by atoms with E-state index in [-0.39, 0.29) is 11.5 Å². The van der Waals surface area contributed by atoms with E-state index in [1.54, 1.807) is 0 Å². The summed E-state index contributed by atoms with van der Waals surface area (Å²) in [6.45, 7) is 4.27. The molecule has 26 heavy (non-hydrogen) atoms. The molecule has 1 aromatic carbocycles. The Bertz CT molecular complexity index is 770. The standard InChI is InChI=1S/C19H23Cl2N3O2/c1-12(18-23-17(24-26-18)13-2-3-13)22-11-19(6-8-25-9-7-19)15-5-4-14(20)10-16(15)21/h4-5,10,12-13,22H,2-3,6-9,11H2,1H3. The average Bonchev–Trinajstić information content (AvgIpc) is 3.37. The van der Waals surface area contributed by atoms with Gasteiger partial charge in [-0.1, -0.05) is 34.4 Å². The molecule has 0 amide bonds. The molecule has 0 spiro atoms. The maximum atomic E-state index is 6.54. The van der Waals surface area contributed by atoms with Gasteiger partial charge >= 0.3 is 0 Å². The third-order valence-electron chi connectivity index (χ3n) is 5.47. The zero-order chi connectivity index (χ0) is 18.1. The number of halogens is 2. The monoisotopic (exact) mass is 395 g/mol. The highest BCUT2D eigenvalue weighted by Gasteiger charge is 2.37. The fraction of sp³-hybridized carbons (Fsp3) is 0.579. The van der Waals surface area contributed by atoms with Gasteiger partial charge in [0.15, 0.2) is 5.82 Å². The maximum absolute atomic E-state index is 6.54. The van der Waals surface area contributed by atoms with Crippen LogP contribution in [0, 0.1) is 0 Å². The van der Waals surface area contributed by atoms with Gasteiger partial charge in [-0.3, -0.25) is 0 Å². The van der Waals surface area contributed by atoms with Crippen LogP contribution in [0.25, 0.3) is 0 Å². The van der Waals surface area contributed by atoms with Crippen LogP contribution in [0.1, 0.15) is 61.8 Å². The predicted octanol–water partition coefficient (Wildman–Crippen LogP) is 4.65. The highest BCUT2D eigenvalue weighted by Crippen LogP contribution is 2.40. The first-order valence-electron chi connectivity index (χ1n) is 9.17. The molecule has 7 heteroatoms. The summed E-state index contributed by atoms with van der Waals surface area (Å²) in [5.74, 6) is 1.99. The quantitative estimate of drug-likeness (QED) is 0.770. The van der Waals surface area contributed by atoms with Crippen LogP contribution >= 0.6 is 23.2 Å². The Hall–Kier alpha value is -1.14. The molecule has 0 radical (unpaired) electrons. The molecule has 1 unspecified atom stereocenters. The van der Waals surface area contributed by atoms with E-state index in [0.29, 0.717) is 21.9 Å². The molecule has 2 aromatic rings. The number of hydrogen-bond acceptors (Lipinski definition) is 5. The molecule has 2 fully saturated rings. The van der Waals surface area contributed by atoms with E-state index in [1.807, 2.05) is 18.2 Å². The minimum atomic E-state index is -0.0898. The second-order valence-electron chi connectivity index (χ2n) is 7.38. The lowest BCUT2D eigenvalue weighted by Gasteiger charge is -2.39. The van der Waals surface area contributed by atoms with Crippen LogP contribution in [0.2, 0.25) is 10.0 Å². The first-order chi connectivity index (χ1) is 12.6. The fourth-order valence-electron chi connectivity index (χ4n) is 3.59. The Kier molecular flexibility index (Phi) is 5.24. The van der Waals surface area contributed by atoms with Gasteiger partial charge in [-0.15, -0.1) is 0 Å². The summed E-state index contributed by atoms with van der Waals surface area (Å²) >= 11 is 12.6. The summed E-state index contributed by atoms with van der Waals surface area (Å²) < 4.78 is 11.1. The van der Waals surface area contributed by atoms with Crippen LogP contribution in [0.4, 0.5) is 0 Å². The summed E-state index contributed by atoms with van der Waals surface area (Å²) in [6.07, 6.45) is 4.15. The van der Waals surface area contributed by atoms with Crippen molar-refractivity contribution in [2.75, 3.05) is 19.8 Å². The normalized spacial score (nSPS) is 20.9. The zero-order valence-electron chi connectivity index (χ0n) is 14.8. The molecule has 1 saturated heterocycles. The maximum Gasteiger partial charge on any atom is 0.243 e. The minimum absolute atomic E-state index is 0.0132. The molecular weight excluding hydrogens is 373 g/mol. The molecule has 2 heterocycles. The van der Waals surface area contributed by atoms with Crippen molar-refractivity contribution in [2.24, 2.45) is 0 Å². The number of benzene rings is 1. The Morgan fingerprint density at radius 2 is 2.04 bits per heavy atom. The van der Waals surface area contributed by atoms with Crippen LogP contribution < -0.4 is 5.32 Å². The Balaban J connectivity index is 1.51. The molecule has 1 aliphatic heterocycles. The molecular formula is C19H23Cl2N3O2. The van der Waals surface area contributed by atoms with Gasteiger partial charge in [0.05, 0.1) is 6.04 Å². The van der Waals surface area contributed by atoms with Gasteiger partial charge < -0.3 is 14.6 Å². The van der Waals surface area contributed by atoms with Crippen molar-refractivity contribution in [1.82, 2.24) is 15.5 Å². The fourth-order valence-corrected chi connectivity index (χ4v) is 4.20. The van der Waals surface area contributed by atoms with E-state index in [9.17, 15) is 0 Å². The zero-order valence-corrected chi connectivity index (χ0v) is 16.3. The lowest BCUT2D eigenvalue weighted by atomic mass is 9.74.